The first-order valence-electron chi connectivity index (χ1n) is 9.40. The lowest BCUT2D eigenvalue weighted by atomic mass is 9.94. The van der Waals surface area contributed by atoms with Crippen LogP contribution in [-0.4, -0.2) is 53.8 Å². The van der Waals surface area contributed by atoms with Crippen molar-refractivity contribution in [2.24, 2.45) is 5.92 Å². The van der Waals surface area contributed by atoms with Gasteiger partial charge in [0.25, 0.3) is 0 Å². The van der Waals surface area contributed by atoms with E-state index in [9.17, 15) is 4.79 Å². The highest BCUT2D eigenvalue weighted by molar-refractivity contribution is 6.29. The van der Waals surface area contributed by atoms with Gasteiger partial charge in [-0.1, -0.05) is 41.9 Å². The molecule has 2 saturated heterocycles. The SMILES string of the molecule is O=C(C1CCN(c2ccc(Cl)nn2)CC1)N1CCO[C@@H](c2ccccc2)C1. The number of rotatable bonds is 3. The first-order chi connectivity index (χ1) is 13.2. The van der Waals surface area contributed by atoms with Crippen LogP contribution in [0.3, 0.4) is 0 Å². The molecule has 6 nitrogen and oxygen atoms in total. The molecule has 2 fully saturated rings. The lowest BCUT2D eigenvalue weighted by Gasteiger charge is -2.38. The van der Waals surface area contributed by atoms with Gasteiger partial charge in [-0.25, -0.2) is 0 Å². The summed E-state index contributed by atoms with van der Waals surface area (Å²) in [5, 5.41) is 8.43. The lowest BCUT2D eigenvalue weighted by molar-refractivity contribution is -0.144. The molecular weight excluding hydrogens is 364 g/mol. The summed E-state index contributed by atoms with van der Waals surface area (Å²) in [6.45, 7) is 3.50. The van der Waals surface area contributed by atoms with Crippen LogP contribution in [0.25, 0.3) is 0 Å². The molecule has 0 unspecified atom stereocenters. The fraction of sp³-hybridized carbons (Fsp3) is 0.450. The Bertz CT molecular complexity index is 763. The van der Waals surface area contributed by atoms with Crippen LogP contribution in [0.15, 0.2) is 42.5 Å². The Labute approximate surface area is 164 Å². The van der Waals surface area contributed by atoms with E-state index in [4.69, 9.17) is 16.3 Å². The van der Waals surface area contributed by atoms with Gasteiger partial charge in [0.15, 0.2) is 11.0 Å². The summed E-state index contributed by atoms with van der Waals surface area (Å²) in [7, 11) is 0. The average molecular weight is 387 g/mol. The molecular formula is C20H23ClN4O2. The monoisotopic (exact) mass is 386 g/mol. The predicted octanol–water partition coefficient (Wildman–Crippen LogP) is 2.95. The maximum absolute atomic E-state index is 13.0. The molecule has 4 rings (SSSR count). The zero-order valence-electron chi connectivity index (χ0n) is 15.1. The van der Waals surface area contributed by atoms with Gasteiger partial charge in [-0.2, -0.15) is 0 Å². The van der Waals surface area contributed by atoms with Crippen LogP contribution in [0.1, 0.15) is 24.5 Å². The number of aromatic nitrogens is 2. The highest BCUT2D eigenvalue weighted by Gasteiger charge is 2.32. The van der Waals surface area contributed by atoms with Gasteiger partial charge in [0.1, 0.15) is 6.10 Å². The Hall–Kier alpha value is -2.18. The van der Waals surface area contributed by atoms with Crippen molar-refractivity contribution in [3.63, 3.8) is 0 Å². The number of carbonyl (C=O) groups is 1. The Morgan fingerprint density at radius 1 is 1.04 bits per heavy atom. The summed E-state index contributed by atoms with van der Waals surface area (Å²) in [5.41, 5.74) is 1.13. The summed E-state index contributed by atoms with van der Waals surface area (Å²) >= 11 is 5.80. The topological polar surface area (TPSA) is 58.6 Å². The zero-order valence-corrected chi connectivity index (χ0v) is 15.9. The summed E-state index contributed by atoms with van der Waals surface area (Å²) in [6.07, 6.45) is 1.63. The second-order valence-corrected chi connectivity index (χ2v) is 7.42. The standard InChI is InChI=1S/C20H23ClN4O2/c21-18-6-7-19(23-22-18)24-10-8-16(9-11-24)20(26)25-12-13-27-17(14-25)15-4-2-1-3-5-15/h1-7,16-17H,8-14H2/t17-/m1/s1. The first kappa shape index (κ1) is 18.2. The Balaban J connectivity index is 1.34. The number of ether oxygens (including phenoxy) is 1. The predicted molar refractivity (Wildman–Crippen MR) is 104 cm³/mol. The molecule has 0 spiro atoms. The van der Waals surface area contributed by atoms with E-state index in [2.05, 4.69) is 27.2 Å². The molecule has 0 bridgehead atoms. The summed E-state index contributed by atoms with van der Waals surface area (Å²) in [5.74, 6) is 1.14. The summed E-state index contributed by atoms with van der Waals surface area (Å²) in [6, 6.07) is 13.8. The number of nitrogens with zero attached hydrogens (tertiary/aromatic N) is 4. The first-order valence-corrected chi connectivity index (χ1v) is 9.78. The third-order valence-electron chi connectivity index (χ3n) is 5.34. The molecule has 142 valence electrons. The van der Waals surface area contributed by atoms with Gasteiger partial charge in [-0.05, 0) is 30.5 Å². The molecule has 0 radical (unpaired) electrons. The number of benzene rings is 1. The van der Waals surface area contributed by atoms with Crippen molar-refractivity contribution >= 4 is 23.3 Å². The minimum atomic E-state index is -0.0340. The van der Waals surface area contributed by atoms with E-state index >= 15 is 0 Å². The number of amides is 1. The van der Waals surface area contributed by atoms with Crippen LogP contribution in [-0.2, 0) is 9.53 Å². The molecule has 1 aromatic carbocycles. The lowest BCUT2D eigenvalue weighted by Crippen LogP contribution is -2.47. The number of hydrogen-bond donors (Lipinski definition) is 0. The third kappa shape index (κ3) is 4.22. The van der Waals surface area contributed by atoms with Crippen molar-refractivity contribution in [3.05, 3.63) is 53.2 Å². The number of piperidine rings is 1. The van der Waals surface area contributed by atoms with Crippen LogP contribution in [0.2, 0.25) is 5.15 Å². The molecule has 0 aliphatic carbocycles. The fourth-order valence-electron chi connectivity index (χ4n) is 3.81. The van der Waals surface area contributed by atoms with Gasteiger partial charge in [-0.3, -0.25) is 4.79 Å². The minimum Gasteiger partial charge on any atom is -0.370 e. The molecule has 2 aliphatic heterocycles. The molecule has 3 heterocycles. The van der Waals surface area contributed by atoms with Gasteiger partial charge in [-0.15, -0.1) is 10.2 Å². The Morgan fingerprint density at radius 2 is 1.81 bits per heavy atom. The molecule has 1 atom stereocenters. The molecule has 27 heavy (non-hydrogen) atoms. The largest absolute Gasteiger partial charge is 0.370 e. The van der Waals surface area contributed by atoms with Crippen molar-refractivity contribution in [1.82, 2.24) is 15.1 Å². The number of halogens is 1. The zero-order chi connectivity index (χ0) is 18.6. The van der Waals surface area contributed by atoms with Gasteiger partial charge in [0.05, 0.1) is 13.2 Å². The quantitative estimate of drug-likeness (QED) is 0.811. The highest BCUT2D eigenvalue weighted by atomic mass is 35.5. The van der Waals surface area contributed by atoms with Crippen LogP contribution in [0.4, 0.5) is 5.82 Å². The number of carbonyl (C=O) groups excluding carboxylic acids is 1. The van der Waals surface area contributed by atoms with Gasteiger partial charge < -0.3 is 14.5 Å². The van der Waals surface area contributed by atoms with E-state index in [0.717, 1.165) is 37.3 Å². The smallest absolute Gasteiger partial charge is 0.225 e. The van der Waals surface area contributed by atoms with E-state index < -0.39 is 0 Å². The molecule has 1 amide bonds. The Morgan fingerprint density at radius 3 is 2.52 bits per heavy atom. The second-order valence-electron chi connectivity index (χ2n) is 7.03. The summed E-state index contributed by atoms with van der Waals surface area (Å²) in [4.78, 5) is 17.2. The number of morpholine rings is 1. The van der Waals surface area contributed by atoms with Crippen LogP contribution < -0.4 is 4.90 Å². The van der Waals surface area contributed by atoms with Crippen molar-refractivity contribution < 1.29 is 9.53 Å². The van der Waals surface area contributed by atoms with Crippen LogP contribution in [0, 0.1) is 5.92 Å². The molecule has 2 aromatic rings. The number of hydrogen-bond acceptors (Lipinski definition) is 5. The minimum absolute atomic E-state index is 0.0340. The van der Waals surface area contributed by atoms with Crippen molar-refractivity contribution in [2.45, 2.75) is 18.9 Å². The Kier molecular flexibility index (Phi) is 5.55. The maximum atomic E-state index is 13.0. The van der Waals surface area contributed by atoms with E-state index in [1.54, 1.807) is 6.07 Å². The average Bonchev–Trinajstić information content (AvgIpc) is 2.75. The van der Waals surface area contributed by atoms with Crippen LogP contribution >= 0.6 is 11.6 Å². The van der Waals surface area contributed by atoms with E-state index in [-0.39, 0.29) is 17.9 Å². The fourth-order valence-corrected chi connectivity index (χ4v) is 3.91. The van der Waals surface area contributed by atoms with E-state index in [1.165, 1.54) is 0 Å². The molecule has 0 saturated carbocycles. The molecule has 0 N–H and O–H groups in total. The van der Waals surface area contributed by atoms with Crippen molar-refractivity contribution in [3.8, 4) is 0 Å². The molecule has 7 heteroatoms. The normalized spacial score (nSPS) is 21.3. The van der Waals surface area contributed by atoms with Crippen molar-refractivity contribution in [1.29, 1.82) is 0 Å². The van der Waals surface area contributed by atoms with Crippen LogP contribution in [0.5, 0.6) is 0 Å². The third-order valence-corrected chi connectivity index (χ3v) is 5.54. The van der Waals surface area contributed by atoms with Gasteiger partial charge in [0, 0.05) is 25.6 Å². The highest BCUT2D eigenvalue weighted by Crippen LogP contribution is 2.27. The van der Waals surface area contributed by atoms with E-state index in [0.29, 0.717) is 24.8 Å². The maximum Gasteiger partial charge on any atom is 0.225 e. The summed E-state index contributed by atoms with van der Waals surface area (Å²) < 4.78 is 5.89. The number of anilines is 1. The molecule has 1 aromatic heterocycles. The molecule has 2 aliphatic rings. The van der Waals surface area contributed by atoms with Gasteiger partial charge in [0.2, 0.25) is 5.91 Å². The van der Waals surface area contributed by atoms with Crippen molar-refractivity contribution in [2.75, 3.05) is 37.7 Å². The second kappa shape index (κ2) is 8.23. The van der Waals surface area contributed by atoms with Gasteiger partial charge >= 0.3 is 0 Å². The van der Waals surface area contributed by atoms with E-state index in [1.807, 2.05) is 29.2 Å².